The average Bonchev–Trinajstić information content (AvgIpc) is 3.16. The number of thioether (sulfide) groups is 2. The predicted octanol–water partition coefficient (Wildman–Crippen LogP) is 4.53. The summed E-state index contributed by atoms with van der Waals surface area (Å²) in [6, 6.07) is 15.9. The van der Waals surface area contributed by atoms with Crippen molar-refractivity contribution in [2.24, 2.45) is 0 Å². The molecule has 0 bridgehead atoms. The lowest BCUT2D eigenvalue weighted by molar-refractivity contribution is 0.102. The van der Waals surface area contributed by atoms with E-state index in [2.05, 4.69) is 29.7 Å². The zero-order valence-corrected chi connectivity index (χ0v) is 15.4. The fourth-order valence-electron chi connectivity index (χ4n) is 2.59. The van der Waals surface area contributed by atoms with Crippen LogP contribution in [0, 0.1) is 0 Å². The van der Waals surface area contributed by atoms with E-state index >= 15 is 0 Å². The Bertz CT molecular complexity index is 682. The molecule has 3 nitrogen and oxygen atoms in total. The third-order valence-electron chi connectivity index (χ3n) is 3.90. The highest BCUT2D eigenvalue weighted by atomic mass is 32.2. The third kappa shape index (κ3) is 4.35. The normalized spacial score (nSPS) is 14.7. The second-order valence-corrected chi connectivity index (χ2v) is 8.31. The molecule has 0 atom stereocenters. The van der Waals surface area contributed by atoms with Gasteiger partial charge in [-0.2, -0.15) is 0 Å². The van der Waals surface area contributed by atoms with Crippen LogP contribution >= 0.6 is 23.5 Å². The largest absolute Gasteiger partial charge is 0.322 e. The number of para-hydroxylation sites is 1. The van der Waals surface area contributed by atoms with Crippen molar-refractivity contribution in [3.05, 3.63) is 65.2 Å². The first-order valence-corrected chi connectivity index (χ1v) is 10.3. The van der Waals surface area contributed by atoms with E-state index in [-0.39, 0.29) is 5.91 Å². The lowest BCUT2D eigenvalue weighted by atomic mass is 10.1. The molecule has 1 aliphatic heterocycles. The first-order chi connectivity index (χ1) is 11.8. The Morgan fingerprint density at radius 2 is 1.79 bits per heavy atom. The van der Waals surface area contributed by atoms with Gasteiger partial charge in [0.05, 0.1) is 4.58 Å². The molecule has 1 saturated heterocycles. The zero-order chi connectivity index (χ0) is 16.8. The molecule has 0 aromatic heterocycles. The molecule has 1 heterocycles. The standard InChI is InChI=1S/C19H22N2OS2/c1-2-20-13-16-5-3-4-6-17(16)21-18(22)14-7-9-15(10-8-14)19-23-11-12-24-19/h3-10,19-20H,2,11-13H2,1H3,(H,21,22). The van der Waals surface area contributed by atoms with Gasteiger partial charge in [-0.3, -0.25) is 4.79 Å². The van der Waals surface area contributed by atoms with Gasteiger partial charge in [-0.25, -0.2) is 0 Å². The second-order valence-electron chi connectivity index (χ2n) is 5.59. The minimum Gasteiger partial charge on any atom is -0.322 e. The highest BCUT2D eigenvalue weighted by Gasteiger charge is 2.18. The topological polar surface area (TPSA) is 41.1 Å². The van der Waals surface area contributed by atoms with Crippen LogP contribution in [0.4, 0.5) is 5.69 Å². The molecule has 0 radical (unpaired) electrons. The summed E-state index contributed by atoms with van der Waals surface area (Å²) < 4.78 is 0.517. The smallest absolute Gasteiger partial charge is 0.255 e. The molecular formula is C19H22N2OS2. The summed E-state index contributed by atoms with van der Waals surface area (Å²) in [6.45, 7) is 3.73. The van der Waals surface area contributed by atoms with Crippen LogP contribution in [0.3, 0.4) is 0 Å². The first kappa shape index (κ1) is 17.4. The Hall–Kier alpha value is -1.43. The summed E-state index contributed by atoms with van der Waals surface area (Å²) >= 11 is 3.95. The molecule has 5 heteroatoms. The number of hydrogen-bond donors (Lipinski definition) is 2. The number of amides is 1. The van der Waals surface area contributed by atoms with E-state index < -0.39 is 0 Å². The van der Waals surface area contributed by atoms with Gasteiger partial charge in [0, 0.05) is 29.3 Å². The molecule has 2 aromatic carbocycles. The van der Waals surface area contributed by atoms with E-state index in [0.29, 0.717) is 10.1 Å². The van der Waals surface area contributed by atoms with Gasteiger partial charge in [0.15, 0.2) is 0 Å². The lowest BCUT2D eigenvalue weighted by Crippen LogP contribution is -2.17. The molecule has 0 aliphatic carbocycles. The van der Waals surface area contributed by atoms with Crippen molar-refractivity contribution in [1.29, 1.82) is 0 Å². The SMILES string of the molecule is CCNCc1ccccc1NC(=O)c1ccc(C2SCCS2)cc1. The number of rotatable bonds is 6. The van der Waals surface area contributed by atoms with Crippen molar-refractivity contribution in [3.8, 4) is 0 Å². The maximum atomic E-state index is 12.5. The second kappa shape index (κ2) is 8.60. The number of carbonyl (C=O) groups is 1. The molecule has 1 amide bonds. The minimum atomic E-state index is -0.0581. The zero-order valence-electron chi connectivity index (χ0n) is 13.7. The molecule has 0 unspecified atom stereocenters. The van der Waals surface area contributed by atoms with Crippen LogP contribution in [0.1, 0.15) is 33.0 Å². The molecule has 2 N–H and O–H groups in total. The van der Waals surface area contributed by atoms with Gasteiger partial charge in [-0.05, 0) is 35.9 Å². The van der Waals surface area contributed by atoms with Crippen LogP contribution in [0.25, 0.3) is 0 Å². The van der Waals surface area contributed by atoms with Gasteiger partial charge in [0.25, 0.3) is 5.91 Å². The fourth-order valence-corrected chi connectivity index (χ4v) is 5.45. The Morgan fingerprint density at radius 3 is 2.50 bits per heavy atom. The van der Waals surface area contributed by atoms with Gasteiger partial charge in [0.1, 0.15) is 0 Å². The number of anilines is 1. The quantitative estimate of drug-likeness (QED) is 0.796. The molecule has 2 aromatic rings. The molecule has 0 spiro atoms. The average molecular weight is 359 g/mol. The maximum absolute atomic E-state index is 12.5. The Labute approximate surface area is 152 Å². The monoisotopic (exact) mass is 358 g/mol. The van der Waals surface area contributed by atoms with E-state index in [1.54, 1.807) is 0 Å². The van der Waals surface area contributed by atoms with Crippen molar-refractivity contribution in [2.45, 2.75) is 18.1 Å². The molecule has 1 fully saturated rings. The van der Waals surface area contributed by atoms with Crippen molar-refractivity contribution >= 4 is 35.1 Å². The van der Waals surface area contributed by atoms with Crippen molar-refractivity contribution in [2.75, 3.05) is 23.4 Å². The number of nitrogens with one attached hydrogen (secondary N) is 2. The van der Waals surface area contributed by atoms with Gasteiger partial charge >= 0.3 is 0 Å². The van der Waals surface area contributed by atoms with Gasteiger partial charge in [-0.1, -0.05) is 37.3 Å². The van der Waals surface area contributed by atoms with E-state index in [4.69, 9.17) is 0 Å². The van der Waals surface area contributed by atoms with Gasteiger partial charge in [0.2, 0.25) is 0 Å². The highest BCUT2D eigenvalue weighted by molar-refractivity contribution is 8.19. The van der Waals surface area contributed by atoms with E-state index in [1.165, 1.54) is 17.1 Å². The molecule has 24 heavy (non-hydrogen) atoms. The Balaban J connectivity index is 1.68. The summed E-state index contributed by atoms with van der Waals surface area (Å²) in [5, 5.41) is 6.34. The van der Waals surface area contributed by atoms with E-state index in [1.807, 2.05) is 59.9 Å². The Morgan fingerprint density at radius 1 is 1.08 bits per heavy atom. The first-order valence-electron chi connectivity index (χ1n) is 8.21. The van der Waals surface area contributed by atoms with Crippen LogP contribution in [0.2, 0.25) is 0 Å². The van der Waals surface area contributed by atoms with Crippen molar-refractivity contribution < 1.29 is 4.79 Å². The van der Waals surface area contributed by atoms with Crippen LogP contribution in [-0.4, -0.2) is 24.0 Å². The minimum absolute atomic E-state index is 0.0581. The van der Waals surface area contributed by atoms with Gasteiger partial charge in [-0.15, -0.1) is 23.5 Å². The fraction of sp³-hybridized carbons (Fsp3) is 0.316. The number of hydrogen-bond acceptors (Lipinski definition) is 4. The molecular weight excluding hydrogens is 336 g/mol. The third-order valence-corrected chi connectivity index (χ3v) is 7.00. The Kier molecular flexibility index (Phi) is 6.24. The molecule has 1 aliphatic rings. The van der Waals surface area contributed by atoms with Crippen LogP contribution < -0.4 is 10.6 Å². The number of benzene rings is 2. The lowest BCUT2D eigenvalue weighted by Gasteiger charge is -2.12. The molecule has 3 rings (SSSR count). The maximum Gasteiger partial charge on any atom is 0.255 e. The predicted molar refractivity (Wildman–Crippen MR) is 106 cm³/mol. The van der Waals surface area contributed by atoms with Gasteiger partial charge < -0.3 is 10.6 Å². The number of carbonyl (C=O) groups excluding carboxylic acids is 1. The summed E-state index contributed by atoms with van der Waals surface area (Å²) in [4.78, 5) is 12.5. The highest BCUT2D eigenvalue weighted by Crippen LogP contribution is 2.45. The summed E-state index contributed by atoms with van der Waals surface area (Å²) in [5.74, 6) is 2.36. The van der Waals surface area contributed by atoms with Crippen LogP contribution in [0.15, 0.2) is 48.5 Å². The van der Waals surface area contributed by atoms with Crippen LogP contribution in [0.5, 0.6) is 0 Å². The molecule has 0 saturated carbocycles. The van der Waals surface area contributed by atoms with E-state index in [0.717, 1.165) is 24.3 Å². The van der Waals surface area contributed by atoms with Crippen molar-refractivity contribution in [1.82, 2.24) is 5.32 Å². The van der Waals surface area contributed by atoms with Crippen LogP contribution in [-0.2, 0) is 6.54 Å². The summed E-state index contributed by atoms with van der Waals surface area (Å²) in [7, 11) is 0. The summed E-state index contributed by atoms with van der Waals surface area (Å²) in [6.07, 6.45) is 0. The molecule has 126 valence electrons. The summed E-state index contributed by atoms with van der Waals surface area (Å²) in [5.41, 5.74) is 3.97. The van der Waals surface area contributed by atoms with Crippen molar-refractivity contribution in [3.63, 3.8) is 0 Å². The van der Waals surface area contributed by atoms with E-state index in [9.17, 15) is 4.79 Å².